The Hall–Kier alpha value is -2.07. The molecule has 0 radical (unpaired) electrons. The van der Waals surface area contributed by atoms with E-state index in [4.69, 9.17) is 10.5 Å². The molecule has 0 saturated carbocycles. The van der Waals surface area contributed by atoms with Crippen molar-refractivity contribution < 1.29 is 4.74 Å². The van der Waals surface area contributed by atoms with Gasteiger partial charge in [0.05, 0.1) is 18.3 Å². The molecule has 100 valence electrons. The Kier molecular flexibility index (Phi) is 4.75. The first kappa shape index (κ1) is 13.4. The van der Waals surface area contributed by atoms with Crippen molar-refractivity contribution in [3.8, 4) is 5.75 Å². The summed E-state index contributed by atoms with van der Waals surface area (Å²) in [5.74, 6) is 0.871. The van der Waals surface area contributed by atoms with E-state index in [1.807, 2.05) is 49.4 Å². The summed E-state index contributed by atoms with van der Waals surface area (Å²) < 4.78 is 5.41. The standard InChI is InChI=1S/C15H19N3O/c1-2-19-13-8-6-12(7-9-13)18-15(11-16)14-5-3-4-10-17-14/h3-10,15,18H,2,11,16H2,1H3. The number of aromatic nitrogens is 1. The van der Waals surface area contributed by atoms with Gasteiger partial charge in [-0.15, -0.1) is 0 Å². The number of nitrogens with one attached hydrogen (secondary N) is 1. The summed E-state index contributed by atoms with van der Waals surface area (Å²) >= 11 is 0. The first-order valence-corrected chi connectivity index (χ1v) is 6.44. The molecule has 0 spiro atoms. The van der Waals surface area contributed by atoms with Crippen LogP contribution in [0.25, 0.3) is 0 Å². The Bertz CT molecular complexity index is 485. The maximum Gasteiger partial charge on any atom is 0.119 e. The minimum atomic E-state index is 0.0131. The molecule has 0 aliphatic heterocycles. The van der Waals surface area contributed by atoms with E-state index in [1.165, 1.54) is 0 Å². The van der Waals surface area contributed by atoms with Crippen molar-refractivity contribution in [2.45, 2.75) is 13.0 Å². The third-order valence-corrected chi connectivity index (χ3v) is 2.79. The zero-order chi connectivity index (χ0) is 13.5. The van der Waals surface area contributed by atoms with Crippen molar-refractivity contribution in [3.05, 3.63) is 54.4 Å². The third-order valence-electron chi connectivity index (χ3n) is 2.79. The van der Waals surface area contributed by atoms with Crippen molar-refractivity contribution in [1.29, 1.82) is 0 Å². The lowest BCUT2D eigenvalue weighted by Gasteiger charge is -2.17. The molecule has 0 fully saturated rings. The Morgan fingerprint density at radius 2 is 2.00 bits per heavy atom. The molecule has 1 aromatic heterocycles. The lowest BCUT2D eigenvalue weighted by atomic mass is 10.1. The third kappa shape index (κ3) is 3.69. The summed E-state index contributed by atoms with van der Waals surface area (Å²) in [5.41, 5.74) is 7.75. The first-order chi connectivity index (χ1) is 9.33. The lowest BCUT2D eigenvalue weighted by Crippen LogP contribution is -2.21. The van der Waals surface area contributed by atoms with E-state index in [1.54, 1.807) is 6.20 Å². The average molecular weight is 257 g/mol. The maximum absolute atomic E-state index is 5.80. The Morgan fingerprint density at radius 3 is 2.58 bits per heavy atom. The molecule has 4 heteroatoms. The highest BCUT2D eigenvalue weighted by Gasteiger charge is 2.10. The smallest absolute Gasteiger partial charge is 0.119 e. The molecule has 1 aromatic carbocycles. The van der Waals surface area contributed by atoms with Gasteiger partial charge in [-0.2, -0.15) is 0 Å². The molecule has 0 bridgehead atoms. The zero-order valence-corrected chi connectivity index (χ0v) is 11.0. The number of rotatable bonds is 6. The number of hydrogen-bond acceptors (Lipinski definition) is 4. The maximum atomic E-state index is 5.80. The number of hydrogen-bond donors (Lipinski definition) is 2. The number of anilines is 1. The van der Waals surface area contributed by atoms with Gasteiger partial charge in [0, 0.05) is 18.4 Å². The fraction of sp³-hybridized carbons (Fsp3) is 0.267. The molecule has 0 amide bonds. The number of nitrogens with zero attached hydrogens (tertiary/aromatic N) is 1. The highest BCUT2D eigenvalue weighted by molar-refractivity contribution is 5.48. The van der Waals surface area contributed by atoms with Gasteiger partial charge in [0.2, 0.25) is 0 Å². The number of pyridine rings is 1. The minimum absolute atomic E-state index is 0.0131. The SMILES string of the molecule is CCOc1ccc(NC(CN)c2ccccn2)cc1. The molecule has 4 nitrogen and oxygen atoms in total. The van der Waals surface area contributed by atoms with Crippen LogP contribution >= 0.6 is 0 Å². The topological polar surface area (TPSA) is 60.2 Å². The molecule has 0 saturated heterocycles. The summed E-state index contributed by atoms with van der Waals surface area (Å²) in [4.78, 5) is 4.33. The molecular weight excluding hydrogens is 238 g/mol. The van der Waals surface area contributed by atoms with E-state index in [0.717, 1.165) is 17.1 Å². The zero-order valence-electron chi connectivity index (χ0n) is 11.0. The van der Waals surface area contributed by atoms with Gasteiger partial charge >= 0.3 is 0 Å². The van der Waals surface area contributed by atoms with Crippen LogP contribution in [0.5, 0.6) is 5.75 Å². The van der Waals surface area contributed by atoms with Crippen LogP contribution in [-0.4, -0.2) is 18.1 Å². The van der Waals surface area contributed by atoms with Gasteiger partial charge in [-0.3, -0.25) is 4.98 Å². The molecular formula is C15H19N3O. The van der Waals surface area contributed by atoms with Gasteiger partial charge in [-0.05, 0) is 43.3 Å². The molecule has 1 atom stereocenters. The van der Waals surface area contributed by atoms with Crippen molar-refractivity contribution in [3.63, 3.8) is 0 Å². The summed E-state index contributed by atoms with van der Waals surface area (Å²) in [5, 5.41) is 3.37. The minimum Gasteiger partial charge on any atom is -0.494 e. The molecule has 2 aromatic rings. The quantitative estimate of drug-likeness (QED) is 0.835. The molecule has 0 aliphatic rings. The molecule has 1 heterocycles. The van der Waals surface area contributed by atoms with E-state index in [2.05, 4.69) is 10.3 Å². The van der Waals surface area contributed by atoms with Gasteiger partial charge in [-0.1, -0.05) is 6.07 Å². The predicted octanol–water partition coefficient (Wildman–Crippen LogP) is 2.59. The number of benzene rings is 1. The monoisotopic (exact) mass is 257 g/mol. The van der Waals surface area contributed by atoms with E-state index in [-0.39, 0.29) is 6.04 Å². The molecule has 3 N–H and O–H groups in total. The van der Waals surface area contributed by atoms with Crippen LogP contribution in [0.15, 0.2) is 48.7 Å². The van der Waals surface area contributed by atoms with Gasteiger partial charge < -0.3 is 15.8 Å². The highest BCUT2D eigenvalue weighted by Crippen LogP contribution is 2.20. The number of ether oxygens (including phenoxy) is 1. The summed E-state index contributed by atoms with van der Waals surface area (Å²) in [6.45, 7) is 3.13. The fourth-order valence-corrected chi connectivity index (χ4v) is 1.85. The Labute approximate surface area is 113 Å². The summed E-state index contributed by atoms with van der Waals surface area (Å²) in [6, 6.07) is 13.7. The van der Waals surface area contributed by atoms with Gasteiger partial charge in [0.15, 0.2) is 0 Å². The second-order valence-electron chi connectivity index (χ2n) is 4.14. The average Bonchev–Trinajstić information content (AvgIpc) is 2.48. The van der Waals surface area contributed by atoms with Crippen LogP contribution in [0.1, 0.15) is 18.7 Å². The summed E-state index contributed by atoms with van der Waals surface area (Å²) in [7, 11) is 0. The number of nitrogens with two attached hydrogens (primary N) is 1. The van der Waals surface area contributed by atoms with E-state index >= 15 is 0 Å². The van der Waals surface area contributed by atoms with Crippen LogP contribution in [-0.2, 0) is 0 Å². The van der Waals surface area contributed by atoms with Crippen LogP contribution in [0.2, 0.25) is 0 Å². The Morgan fingerprint density at radius 1 is 1.21 bits per heavy atom. The predicted molar refractivity (Wildman–Crippen MR) is 77.3 cm³/mol. The highest BCUT2D eigenvalue weighted by atomic mass is 16.5. The second-order valence-corrected chi connectivity index (χ2v) is 4.14. The van der Waals surface area contributed by atoms with Gasteiger partial charge in [-0.25, -0.2) is 0 Å². The van der Waals surface area contributed by atoms with Gasteiger partial charge in [0.25, 0.3) is 0 Å². The normalized spacial score (nSPS) is 11.9. The van der Waals surface area contributed by atoms with Crippen LogP contribution in [0, 0.1) is 0 Å². The van der Waals surface area contributed by atoms with Crippen molar-refractivity contribution in [2.24, 2.45) is 5.73 Å². The van der Waals surface area contributed by atoms with Crippen molar-refractivity contribution in [1.82, 2.24) is 4.98 Å². The van der Waals surface area contributed by atoms with Crippen molar-refractivity contribution >= 4 is 5.69 Å². The molecule has 1 unspecified atom stereocenters. The lowest BCUT2D eigenvalue weighted by molar-refractivity contribution is 0.340. The van der Waals surface area contributed by atoms with Crippen LogP contribution in [0.3, 0.4) is 0 Å². The molecule has 19 heavy (non-hydrogen) atoms. The molecule has 2 rings (SSSR count). The Balaban J connectivity index is 2.06. The van der Waals surface area contributed by atoms with Gasteiger partial charge in [0.1, 0.15) is 5.75 Å². The van der Waals surface area contributed by atoms with Crippen LogP contribution in [0.4, 0.5) is 5.69 Å². The van der Waals surface area contributed by atoms with E-state index in [9.17, 15) is 0 Å². The first-order valence-electron chi connectivity index (χ1n) is 6.44. The van der Waals surface area contributed by atoms with Crippen LogP contribution < -0.4 is 15.8 Å². The molecule has 0 aliphatic carbocycles. The second kappa shape index (κ2) is 6.75. The fourth-order valence-electron chi connectivity index (χ4n) is 1.85. The summed E-state index contributed by atoms with van der Waals surface area (Å²) in [6.07, 6.45) is 1.78. The van der Waals surface area contributed by atoms with E-state index in [0.29, 0.717) is 13.2 Å². The largest absolute Gasteiger partial charge is 0.494 e. The van der Waals surface area contributed by atoms with Crippen molar-refractivity contribution in [2.75, 3.05) is 18.5 Å². The van der Waals surface area contributed by atoms with E-state index < -0.39 is 0 Å².